The van der Waals surface area contributed by atoms with Crippen LogP contribution in [-0.2, 0) is 6.54 Å². The van der Waals surface area contributed by atoms with E-state index in [9.17, 15) is 19.7 Å². The number of hydrogen-bond donors (Lipinski definition) is 2. The molecule has 2 N–H and O–H groups in total. The van der Waals surface area contributed by atoms with Crippen molar-refractivity contribution in [2.45, 2.75) is 20.4 Å². The second-order valence-electron chi connectivity index (χ2n) is 5.04. The average Bonchev–Trinajstić information content (AvgIpc) is 2.96. The predicted molar refractivity (Wildman–Crippen MR) is 87.1 cm³/mol. The molecule has 126 valence electrons. The van der Waals surface area contributed by atoms with E-state index in [1.54, 1.807) is 13.1 Å². The molecular formula is C15H17N5O4. The Labute approximate surface area is 137 Å². The molecule has 0 aliphatic carbocycles. The molecule has 2 aromatic rings. The number of hydrogen-bond acceptors (Lipinski definition) is 5. The van der Waals surface area contributed by atoms with Gasteiger partial charge in [0.1, 0.15) is 0 Å². The molecule has 1 heterocycles. The van der Waals surface area contributed by atoms with Crippen LogP contribution >= 0.6 is 0 Å². The summed E-state index contributed by atoms with van der Waals surface area (Å²) in [5, 5.41) is 20.0. The van der Waals surface area contributed by atoms with Gasteiger partial charge in [-0.15, -0.1) is 0 Å². The van der Waals surface area contributed by atoms with E-state index >= 15 is 0 Å². The Kier molecular flexibility index (Phi) is 4.93. The molecule has 2 amide bonds. The molecule has 9 heteroatoms. The van der Waals surface area contributed by atoms with Gasteiger partial charge in [0.05, 0.1) is 10.6 Å². The minimum absolute atomic E-state index is 0.0589. The van der Waals surface area contributed by atoms with Crippen LogP contribution < -0.4 is 10.6 Å². The summed E-state index contributed by atoms with van der Waals surface area (Å²) in [5.41, 5.74) is 0.952. The molecule has 0 saturated heterocycles. The topological polar surface area (TPSA) is 119 Å². The summed E-state index contributed by atoms with van der Waals surface area (Å²) >= 11 is 0. The molecule has 0 unspecified atom stereocenters. The number of rotatable bonds is 5. The van der Waals surface area contributed by atoms with E-state index in [2.05, 4.69) is 15.7 Å². The van der Waals surface area contributed by atoms with E-state index in [0.29, 0.717) is 12.1 Å². The van der Waals surface area contributed by atoms with Crippen LogP contribution in [0.15, 0.2) is 24.4 Å². The maximum atomic E-state index is 12.4. The highest BCUT2D eigenvalue weighted by atomic mass is 16.6. The van der Waals surface area contributed by atoms with E-state index in [1.807, 2.05) is 6.92 Å². The van der Waals surface area contributed by atoms with Crippen molar-refractivity contribution in [2.24, 2.45) is 0 Å². The second kappa shape index (κ2) is 6.90. The lowest BCUT2D eigenvalue weighted by Gasteiger charge is -2.06. The monoisotopic (exact) mass is 331 g/mol. The van der Waals surface area contributed by atoms with Gasteiger partial charge in [-0.2, -0.15) is 5.10 Å². The molecular weight excluding hydrogens is 314 g/mol. The van der Waals surface area contributed by atoms with Gasteiger partial charge in [-0.1, -0.05) is 0 Å². The lowest BCUT2D eigenvalue weighted by atomic mass is 10.1. The number of carbonyl (C=O) groups is 2. The number of aryl methyl sites for hydroxylation is 2. The van der Waals surface area contributed by atoms with Crippen molar-refractivity contribution in [3.8, 4) is 0 Å². The van der Waals surface area contributed by atoms with Crippen LogP contribution in [0, 0.1) is 17.0 Å². The quantitative estimate of drug-likeness (QED) is 0.639. The molecule has 0 aliphatic rings. The summed E-state index contributed by atoms with van der Waals surface area (Å²) in [6.45, 7) is 3.95. The molecule has 0 fully saturated rings. The molecule has 0 spiro atoms. The first-order valence-electron chi connectivity index (χ1n) is 7.23. The van der Waals surface area contributed by atoms with Gasteiger partial charge in [-0.25, -0.2) is 0 Å². The van der Waals surface area contributed by atoms with Crippen LogP contribution in [0.4, 0.5) is 11.4 Å². The zero-order chi connectivity index (χ0) is 17.9. The molecule has 0 aliphatic heterocycles. The summed E-state index contributed by atoms with van der Waals surface area (Å²) in [6.07, 6.45) is 1.56. The summed E-state index contributed by atoms with van der Waals surface area (Å²) in [7, 11) is 1.47. The number of nitrogens with zero attached hydrogens (tertiary/aromatic N) is 3. The zero-order valence-electron chi connectivity index (χ0n) is 13.5. The molecule has 1 aromatic carbocycles. The SMILES string of the molecule is CCn1cc(NC(=O)c2ccc([N+](=O)[O-])c(C)c2)c(C(=O)NC)n1. The van der Waals surface area contributed by atoms with Crippen LogP contribution in [0.5, 0.6) is 0 Å². The maximum absolute atomic E-state index is 12.4. The molecule has 2 rings (SSSR count). The van der Waals surface area contributed by atoms with Gasteiger partial charge < -0.3 is 10.6 Å². The first-order valence-corrected chi connectivity index (χ1v) is 7.23. The lowest BCUT2D eigenvalue weighted by molar-refractivity contribution is -0.385. The number of carbonyl (C=O) groups excluding carboxylic acids is 2. The van der Waals surface area contributed by atoms with Gasteiger partial charge in [0.25, 0.3) is 17.5 Å². The Morgan fingerprint density at radius 3 is 2.58 bits per heavy atom. The minimum atomic E-state index is -0.508. The van der Waals surface area contributed by atoms with Gasteiger partial charge in [0.15, 0.2) is 5.69 Å². The Balaban J connectivity index is 2.30. The Morgan fingerprint density at radius 1 is 1.33 bits per heavy atom. The highest BCUT2D eigenvalue weighted by Gasteiger charge is 2.19. The third-order valence-corrected chi connectivity index (χ3v) is 3.43. The molecule has 24 heavy (non-hydrogen) atoms. The van der Waals surface area contributed by atoms with Gasteiger partial charge in [0.2, 0.25) is 0 Å². The van der Waals surface area contributed by atoms with Gasteiger partial charge in [-0.05, 0) is 26.0 Å². The minimum Gasteiger partial charge on any atom is -0.354 e. The zero-order valence-corrected chi connectivity index (χ0v) is 13.5. The Bertz CT molecular complexity index is 812. The van der Waals surface area contributed by atoms with Gasteiger partial charge in [0, 0.05) is 37.0 Å². The highest BCUT2D eigenvalue weighted by Crippen LogP contribution is 2.20. The molecule has 1 aromatic heterocycles. The van der Waals surface area contributed by atoms with E-state index in [0.717, 1.165) is 0 Å². The summed E-state index contributed by atoms with van der Waals surface area (Å²) in [5.74, 6) is -0.897. The van der Waals surface area contributed by atoms with Crippen molar-refractivity contribution in [2.75, 3.05) is 12.4 Å². The maximum Gasteiger partial charge on any atom is 0.273 e. The smallest absolute Gasteiger partial charge is 0.273 e. The highest BCUT2D eigenvalue weighted by molar-refractivity contribution is 6.08. The van der Waals surface area contributed by atoms with Crippen LogP contribution in [0.3, 0.4) is 0 Å². The average molecular weight is 331 g/mol. The van der Waals surface area contributed by atoms with Crippen LogP contribution in [0.2, 0.25) is 0 Å². The number of anilines is 1. The number of nitrogens with one attached hydrogen (secondary N) is 2. The van der Waals surface area contributed by atoms with E-state index in [4.69, 9.17) is 0 Å². The lowest BCUT2D eigenvalue weighted by Crippen LogP contribution is -2.21. The summed E-state index contributed by atoms with van der Waals surface area (Å²) < 4.78 is 1.53. The molecule has 9 nitrogen and oxygen atoms in total. The van der Waals surface area contributed by atoms with Crippen molar-refractivity contribution in [3.05, 3.63) is 51.3 Å². The van der Waals surface area contributed by atoms with Crippen molar-refractivity contribution >= 4 is 23.2 Å². The normalized spacial score (nSPS) is 10.3. The fourth-order valence-electron chi connectivity index (χ4n) is 2.16. The predicted octanol–water partition coefficient (Wildman–Crippen LogP) is 1.73. The Morgan fingerprint density at radius 2 is 2.04 bits per heavy atom. The van der Waals surface area contributed by atoms with Crippen molar-refractivity contribution in [1.29, 1.82) is 0 Å². The van der Waals surface area contributed by atoms with Crippen molar-refractivity contribution < 1.29 is 14.5 Å². The third-order valence-electron chi connectivity index (χ3n) is 3.43. The van der Waals surface area contributed by atoms with Crippen LogP contribution in [0.1, 0.15) is 33.3 Å². The van der Waals surface area contributed by atoms with E-state index in [1.165, 1.54) is 29.9 Å². The van der Waals surface area contributed by atoms with Gasteiger partial charge in [-0.3, -0.25) is 24.4 Å². The van der Waals surface area contributed by atoms with Crippen molar-refractivity contribution in [3.63, 3.8) is 0 Å². The third kappa shape index (κ3) is 3.40. The number of aromatic nitrogens is 2. The number of nitro groups is 1. The molecule has 0 atom stereocenters. The fraction of sp³-hybridized carbons (Fsp3) is 0.267. The number of benzene rings is 1. The fourth-order valence-corrected chi connectivity index (χ4v) is 2.16. The number of nitro benzene ring substituents is 1. The second-order valence-corrected chi connectivity index (χ2v) is 5.04. The molecule has 0 saturated carbocycles. The van der Waals surface area contributed by atoms with Crippen molar-refractivity contribution in [1.82, 2.24) is 15.1 Å². The van der Waals surface area contributed by atoms with E-state index < -0.39 is 16.7 Å². The summed E-state index contributed by atoms with van der Waals surface area (Å²) in [6, 6.07) is 4.07. The first kappa shape index (κ1) is 17.1. The Hall–Kier alpha value is -3.23. The molecule has 0 radical (unpaired) electrons. The summed E-state index contributed by atoms with van der Waals surface area (Å²) in [4.78, 5) is 34.5. The van der Waals surface area contributed by atoms with E-state index in [-0.39, 0.29) is 22.6 Å². The largest absolute Gasteiger partial charge is 0.354 e. The van der Waals surface area contributed by atoms with Gasteiger partial charge >= 0.3 is 0 Å². The van der Waals surface area contributed by atoms with Crippen LogP contribution in [0.25, 0.3) is 0 Å². The van der Waals surface area contributed by atoms with Crippen LogP contribution in [-0.4, -0.2) is 33.6 Å². The number of amides is 2. The molecule has 0 bridgehead atoms. The first-order chi connectivity index (χ1) is 11.4. The standard InChI is InChI=1S/C15H17N5O4/c1-4-19-8-11(13(18-19)15(22)16-3)17-14(21)10-5-6-12(20(23)24)9(2)7-10/h5-8H,4H2,1-3H3,(H,16,22)(H,17,21).